The number of hydrogen-bond acceptors (Lipinski definition) is 5. The van der Waals surface area contributed by atoms with E-state index in [0.717, 1.165) is 21.7 Å². The summed E-state index contributed by atoms with van der Waals surface area (Å²) in [5.74, 6) is -0.737. The van der Waals surface area contributed by atoms with Crippen molar-refractivity contribution in [1.82, 2.24) is 5.32 Å². The summed E-state index contributed by atoms with van der Waals surface area (Å²) in [5.41, 5.74) is 1.40. The molecule has 4 aromatic carbocycles. The molecule has 0 aromatic heterocycles. The first-order chi connectivity index (χ1) is 20.9. The van der Waals surface area contributed by atoms with Gasteiger partial charge in [-0.2, -0.15) is 0 Å². The van der Waals surface area contributed by atoms with Crippen LogP contribution in [-0.4, -0.2) is 42.2 Å². The van der Waals surface area contributed by atoms with Gasteiger partial charge in [0.25, 0.3) is 5.91 Å². The molecular formula is C34H31BrF2N2O4. The molecule has 222 valence electrons. The molecule has 0 radical (unpaired) electrons. The summed E-state index contributed by atoms with van der Waals surface area (Å²) < 4.78 is 40.6. The summed E-state index contributed by atoms with van der Waals surface area (Å²) in [4.78, 5) is 19.2. The lowest BCUT2D eigenvalue weighted by molar-refractivity contribution is -0.128. The Hall–Kier alpha value is -4.08. The summed E-state index contributed by atoms with van der Waals surface area (Å²) >= 11 is 3.47. The first-order valence-electron chi connectivity index (χ1n) is 14.0. The molecule has 1 amide bonds. The molecule has 0 unspecified atom stereocenters. The molecular weight excluding hydrogens is 618 g/mol. The third kappa shape index (κ3) is 7.47. The van der Waals surface area contributed by atoms with Crippen molar-refractivity contribution in [3.8, 4) is 5.75 Å². The second-order valence-corrected chi connectivity index (χ2v) is 11.2. The van der Waals surface area contributed by atoms with Crippen molar-refractivity contribution in [2.75, 3.05) is 19.8 Å². The topological polar surface area (TPSA) is 80.2 Å². The first-order valence-corrected chi connectivity index (χ1v) is 14.8. The van der Waals surface area contributed by atoms with Gasteiger partial charge in [-0.3, -0.25) is 4.79 Å². The lowest BCUT2D eigenvalue weighted by Crippen LogP contribution is -2.50. The fraction of sp³-hybridized carbons (Fsp3) is 0.235. The molecule has 0 aliphatic carbocycles. The third-order valence-electron chi connectivity index (χ3n) is 7.14. The third-order valence-corrected chi connectivity index (χ3v) is 7.67. The average molecular weight is 650 g/mol. The Morgan fingerprint density at radius 1 is 0.953 bits per heavy atom. The van der Waals surface area contributed by atoms with Crippen LogP contribution in [-0.2, 0) is 22.4 Å². The molecule has 0 saturated heterocycles. The standard InChI is InChI=1S/C34H31BrF2N2O4/c35-27-11-7-23(8-12-27)22-34(33(41)38-16-15-24-19-28(36)21-29(37)20-24)31(25-5-2-1-3-6-25)43-32(39-34)26-9-13-30(14-10-26)42-18-4-17-40/h1-3,5-14,19-21,31,40H,4,15-18,22H2,(H,38,41)/t31-,34-/m1/s1. The smallest absolute Gasteiger partial charge is 0.252 e. The van der Waals surface area contributed by atoms with E-state index in [4.69, 9.17) is 19.6 Å². The zero-order chi connectivity index (χ0) is 30.2. The van der Waals surface area contributed by atoms with Crippen LogP contribution in [0.3, 0.4) is 0 Å². The van der Waals surface area contributed by atoms with E-state index in [2.05, 4.69) is 21.2 Å². The predicted molar refractivity (Wildman–Crippen MR) is 164 cm³/mol. The zero-order valence-electron chi connectivity index (χ0n) is 23.3. The Morgan fingerprint density at radius 3 is 2.33 bits per heavy atom. The Kier molecular flexibility index (Phi) is 9.84. The van der Waals surface area contributed by atoms with Gasteiger partial charge in [0.05, 0.1) is 6.61 Å². The molecule has 9 heteroatoms. The molecule has 1 aliphatic rings. The van der Waals surface area contributed by atoms with Gasteiger partial charge >= 0.3 is 0 Å². The van der Waals surface area contributed by atoms with Gasteiger partial charge in [0, 0.05) is 42.1 Å². The fourth-order valence-corrected chi connectivity index (χ4v) is 5.32. The number of amides is 1. The highest BCUT2D eigenvalue weighted by Gasteiger charge is 2.53. The molecule has 4 aromatic rings. The van der Waals surface area contributed by atoms with Gasteiger partial charge < -0.3 is 19.9 Å². The Labute approximate surface area is 257 Å². The van der Waals surface area contributed by atoms with Crippen molar-refractivity contribution in [2.24, 2.45) is 4.99 Å². The van der Waals surface area contributed by atoms with E-state index >= 15 is 0 Å². The normalized spacial score (nSPS) is 17.7. The molecule has 0 fully saturated rings. The second-order valence-electron chi connectivity index (χ2n) is 10.3. The van der Waals surface area contributed by atoms with Gasteiger partial charge in [0.1, 0.15) is 17.4 Å². The van der Waals surface area contributed by atoms with Crippen molar-refractivity contribution < 1.29 is 28.2 Å². The highest BCUT2D eigenvalue weighted by atomic mass is 79.9. The average Bonchev–Trinajstić information content (AvgIpc) is 3.39. The molecule has 2 atom stereocenters. The molecule has 1 aliphatic heterocycles. The van der Waals surface area contributed by atoms with E-state index < -0.39 is 23.3 Å². The summed E-state index contributed by atoms with van der Waals surface area (Å²) in [6.45, 7) is 0.587. The van der Waals surface area contributed by atoms with Crippen molar-refractivity contribution in [3.63, 3.8) is 0 Å². The number of aliphatic imine (C=N–C) groups is 1. The summed E-state index contributed by atoms with van der Waals surface area (Å²) in [6.07, 6.45) is 0.254. The van der Waals surface area contributed by atoms with Gasteiger partial charge in [-0.1, -0.05) is 58.4 Å². The molecule has 0 spiro atoms. The Morgan fingerprint density at radius 2 is 1.65 bits per heavy atom. The minimum Gasteiger partial charge on any atom is -0.494 e. The van der Waals surface area contributed by atoms with Gasteiger partial charge in [0.15, 0.2) is 11.6 Å². The number of aliphatic hydroxyl groups is 1. The maximum atomic E-state index is 14.2. The zero-order valence-corrected chi connectivity index (χ0v) is 24.9. The summed E-state index contributed by atoms with van der Waals surface area (Å²) in [7, 11) is 0. The number of rotatable bonds is 12. The summed E-state index contributed by atoms with van der Waals surface area (Å²) in [6, 6.07) is 27.7. The van der Waals surface area contributed by atoms with Gasteiger partial charge in [-0.15, -0.1) is 0 Å². The van der Waals surface area contributed by atoms with E-state index in [9.17, 15) is 13.6 Å². The Balaban J connectivity index is 1.49. The number of ether oxygens (including phenoxy) is 2. The van der Waals surface area contributed by atoms with Crippen LogP contribution in [0.15, 0.2) is 107 Å². The maximum Gasteiger partial charge on any atom is 0.252 e. The Bertz CT molecular complexity index is 1550. The van der Waals surface area contributed by atoms with Crippen molar-refractivity contribution in [3.05, 3.63) is 135 Å². The van der Waals surface area contributed by atoms with Crippen molar-refractivity contribution >= 4 is 27.7 Å². The number of carbonyl (C=O) groups is 1. The molecule has 2 N–H and O–H groups in total. The fourth-order valence-electron chi connectivity index (χ4n) is 5.05. The van der Waals surface area contributed by atoms with Crippen LogP contribution >= 0.6 is 15.9 Å². The van der Waals surface area contributed by atoms with E-state index in [1.54, 1.807) is 12.1 Å². The number of hydrogen-bond donors (Lipinski definition) is 2. The number of nitrogens with one attached hydrogen (secondary N) is 1. The summed E-state index contributed by atoms with van der Waals surface area (Å²) in [5, 5.41) is 12.0. The number of benzene rings is 4. The van der Waals surface area contributed by atoms with Gasteiger partial charge in [-0.25, -0.2) is 13.8 Å². The van der Waals surface area contributed by atoms with Crippen LogP contribution in [0.2, 0.25) is 0 Å². The van der Waals surface area contributed by atoms with Gasteiger partial charge in [0.2, 0.25) is 5.90 Å². The van der Waals surface area contributed by atoms with Crippen LogP contribution in [0, 0.1) is 11.6 Å². The van der Waals surface area contributed by atoms with Crippen LogP contribution in [0.5, 0.6) is 5.75 Å². The van der Waals surface area contributed by atoms with E-state index in [-0.39, 0.29) is 31.9 Å². The second kappa shape index (κ2) is 13.9. The number of carbonyl (C=O) groups excluding carboxylic acids is 1. The number of nitrogens with zero attached hydrogens (tertiary/aromatic N) is 1. The highest BCUT2D eigenvalue weighted by Crippen LogP contribution is 2.42. The van der Waals surface area contributed by atoms with Crippen LogP contribution in [0.1, 0.15) is 34.8 Å². The molecule has 43 heavy (non-hydrogen) atoms. The molecule has 0 bridgehead atoms. The minimum atomic E-state index is -1.38. The molecule has 6 nitrogen and oxygen atoms in total. The lowest BCUT2D eigenvalue weighted by Gasteiger charge is -2.31. The predicted octanol–water partition coefficient (Wildman–Crippen LogP) is 6.35. The highest BCUT2D eigenvalue weighted by molar-refractivity contribution is 9.10. The largest absolute Gasteiger partial charge is 0.494 e. The quantitative estimate of drug-likeness (QED) is 0.176. The molecule has 5 rings (SSSR count). The minimum absolute atomic E-state index is 0.0469. The van der Waals surface area contributed by atoms with Gasteiger partial charge in [-0.05, 0) is 71.6 Å². The lowest BCUT2D eigenvalue weighted by atomic mass is 9.82. The van der Waals surface area contributed by atoms with E-state index in [1.807, 2.05) is 66.7 Å². The molecule has 1 heterocycles. The van der Waals surface area contributed by atoms with Crippen LogP contribution in [0.25, 0.3) is 0 Å². The van der Waals surface area contributed by atoms with Crippen LogP contribution in [0.4, 0.5) is 8.78 Å². The van der Waals surface area contributed by atoms with Crippen molar-refractivity contribution in [2.45, 2.75) is 30.9 Å². The molecule has 0 saturated carbocycles. The number of aliphatic hydroxyl groups excluding tert-OH is 1. The SMILES string of the molecule is O=C(NCCc1cc(F)cc(F)c1)[C@]1(Cc2ccc(Br)cc2)N=C(c2ccc(OCCCO)cc2)O[C@@H]1c1ccccc1. The number of halogens is 3. The maximum absolute atomic E-state index is 14.2. The first kappa shape index (κ1) is 30.4. The van der Waals surface area contributed by atoms with Crippen LogP contribution < -0.4 is 10.1 Å². The van der Waals surface area contributed by atoms with Crippen molar-refractivity contribution in [1.29, 1.82) is 0 Å². The van der Waals surface area contributed by atoms with E-state index in [0.29, 0.717) is 35.8 Å². The monoisotopic (exact) mass is 648 g/mol. The van der Waals surface area contributed by atoms with E-state index in [1.165, 1.54) is 12.1 Å².